The summed E-state index contributed by atoms with van der Waals surface area (Å²) >= 11 is 0. The van der Waals surface area contributed by atoms with Gasteiger partial charge in [-0.1, -0.05) is 0 Å². The first-order valence-corrected chi connectivity index (χ1v) is 8.95. The predicted octanol–water partition coefficient (Wildman–Crippen LogP) is 1.76. The molecule has 24 heavy (non-hydrogen) atoms. The van der Waals surface area contributed by atoms with Gasteiger partial charge < -0.3 is 14.4 Å². The number of nitrogens with zero attached hydrogens (tertiary/aromatic N) is 3. The first-order valence-electron chi connectivity index (χ1n) is 8.95. The van der Waals surface area contributed by atoms with Crippen LogP contribution in [0.5, 0.6) is 0 Å². The fourth-order valence-electron chi connectivity index (χ4n) is 3.52. The monoisotopic (exact) mass is 333 g/mol. The number of aryl methyl sites for hydroxylation is 2. The van der Waals surface area contributed by atoms with Gasteiger partial charge in [0, 0.05) is 38.6 Å². The summed E-state index contributed by atoms with van der Waals surface area (Å²) in [6.45, 7) is 5.52. The van der Waals surface area contributed by atoms with Gasteiger partial charge in [0.2, 0.25) is 5.91 Å². The summed E-state index contributed by atoms with van der Waals surface area (Å²) in [7, 11) is 0. The Morgan fingerprint density at radius 2 is 2.00 bits per heavy atom. The molecular formula is C18H27N3O3. The quantitative estimate of drug-likeness (QED) is 0.821. The Morgan fingerprint density at radius 3 is 2.79 bits per heavy atom. The molecule has 3 heterocycles. The van der Waals surface area contributed by atoms with Crippen LogP contribution >= 0.6 is 0 Å². The number of aromatic nitrogens is 2. The minimum atomic E-state index is 0.146. The third-order valence-electron chi connectivity index (χ3n) is 5.05. The van der Waals surface area contributed by atoms with Crippen molar-refractivity contribution in [2.45, 2.75) is 45.1 Å². The van der Waals surface area contributed by atoms with Crippen molar-refractivity contribution in [3.63, 3.8) is 0 Å². The van der Waals surface area contributed by atoms with Gasteiger partial charge in [0.1, 0.15) is 0 Å². The third kappa shape index (κ3) is 4.51. The van der Waals surface area contributed by atoms with Crippen LogP contribution in [-0.4, -0.2) is 59.8 Å². The van der Waals surface area contributed by atoms with Gasteiger partial charge in [0.05, 0.1) is 30.6 Å². The summed E-state index contributed by atoms with van der Waals surface area (Å²) in [6.07, 6.45) is 7.79. The highest BCUT2D eigenvalue weighted by atomic mass is 16.5. The molecule has 0 saturated carbocycles. The van der Waals surface area contributed by atoms with Gasteiger partial charge in [-0.05, 0) is 38.5 Å². The maximum absolute atomic E-state index is 12.8. The minimum Gasteiger partial charge on any atom is -0.381 e. The number of rotatable bonds is 5. The molecule has 0 unspecified atom stereocenters. The van der Waals surface area contributed by atoms with Gasteiger partial charge in [-0.25, -0.2) is 0 Å². The second-order valence-electron chi connectivity index (χ2n) is 6.70. The maximum Gasteiger partial charge on any atom is 0.223 e. The van der Waals surface area contributed by atoms with Crippen LogP contribution in [-0.2, 0) is 20.7 Å². The Hall–Kier alpha value is -1.53. The third-order valence-corrected chi connectivity index (χ3v) is 5.05. The van der Waals surface area contributed by atoms with Crippen LogP contribution in [0.3, 0.4) is 0 Å². The van der Waals surface area contributed by atoms with Gasteiger partial charge in [0.15, 0.2) is 0 Å². The molecule has 0 N–H and O–H groups in total. The molecule has 1 aromatic heterocycles. The van der Waals surface area contributed by atoms with E-state index < -0.39 is 0 Å². The van der Waals surface area contributed by atoms with E-state index in [9.17, 15) is 4.79 Å². The molecule has 0 bridgehead atoms. The molecule has 1 aromatic rings. The summed E-state index contributed by atoms with van der Waals surface area (Å²) < 4.78 is 11.0. The van der Waals surface area contributed by atoms with Crippen LogP contribution in [0.2, 0.25) is 0 Å². The van der Waals surface area contributed by atoms with Gasteiger partial charge >= 0.3 is 0 Å². The molecule has 6 heteroatoms. The van der Waals surface area contributed by atoms with E-state index in [2.05, 4.69) is 9.97 Å². The Bertz CT molecular complexity index is 546. The topological polar surface area (TPSA) is 64.6 Å². The summed E-state index contributed by atoms with van der Waals surface area (Å²) in [5, 5.41) is 0. The Labute approximate surface area is 143 Å². The molecule has 0 aliphatic carbocycles. The van der Waals surface area contributed by atoms with Crippen molar-refractivity contribution in [2.75, 3.05) is 33.0 Å². The lowest BCUT2D eigenvalue weighted by Gasteiger charge is -2.37. The SMILES string of the molecule is Cc1nccnc1CC[C@@H]1COCCN1C(=O)CC1CCOCC1. The number of ether oxygens (including phenoxy) is 2. The highest BCUT2D eigenvalue weighted by Gasteiger charge is 2.29. The van der Waals surface area contributed by atoms with Gasteiger partial charge in [-0.3, -0.25) is 14.8 Å². The number of carbonyl (C=O) groups is 1. The van der Waals surface area contributed by atoms with Crippen molar-refractivity contribution in [1.29, 1.82) is 0 Å². The fourth-order valence-corrected chi connectivity index (χ4v) is 3.52. The van der Waals surface area contributed by atoms with Gasteiger partial charge in [-0.2, -0.15) is 0 Å². The van der Waals surface area contributed by atoms with Crippen molar-refractivity contribution < 1.29 is 14.3 Å². The molecule has 0 spiro atoms. The lowest BCUT2D eigenvalue weighted by atomic mass is 9.95. The van der Waals surface area contributed by atoms with E-state index >= 15 is 0 Å². The molecule has 0 aromatic carbocycles. The fraction of sp³-hybridized carbons (Fsp3) is 0.722. The number of amides is 1. The van der Waals surface area contributed by atoms with Crippen LogP contribution in [0, 0.1) is 12.8 Å². The average molecular weight is 333 g/mol. The smallest absolute Gasteiger partial charge is 0.223 e. The molecule has 2 aliphatic rings. The van der Waals surface area contributed by atoms with Gasteiger partial charge in [-0.15, -0.1) is 0 Å². The largest absolute Gasteiger partial charge is 0.381 e. The van der Waals surface area contributed by atoms with E-state index in [1.165, 1.54) is 0 Å². The lowest BCUT2D eigenvalue weighted by Crippen LogP contribution is -2.49. The van der Waals surface area contributed by atoms with Crippen LogP contribution in [0.15, 0.2) is 12.4 Å². The zero-order valence-electron chi connectivity index (χ0n) is 14.4. The van der Waals surface area contributed by atoms with E-state index in [-0.39, 0.29) is 11.9 Å². The summed E-state index contributed by atoms with van der Waals surface area (Å²) in [4.78, 5) is 23.5. The molecule has 0 radical (unpaired) electrons. The predicted molar refractivity (Wildman–Crippen MR) is 89.6 cm³/mol. The molecule has 3 rings (SSSR count). The summed E-state index contributed by atoms with van der Waals surface area (Å²) in [5.41, 5.74) is 1.98. The van der Waals surface area contributed by atoms with Gasteiger partial charge in [0.25, 0.3) is 0 Å². The Kier molecular flexibility index (Phi) is 6.15. The van der Waals surface area contributed by atoms with E-state index in [4.69, 9.17) is 9.47 Å². The number of hydrogen-bond donors (Lipinski definition) is 0. The highest BCUT2D eigenvalue weighted by Crippen LogP contribution is 2.22. The molecule has 6 nitrogen and oxygen atoms in total. The van der Waals surface area contributed by atoms with Crippen LogP contribution < -0.4 is 0 Å². The Morgan fingerprint density at radius 1 is 1.21 bits per heavy atom. The van der Waals surface area contributed by atoms with Crippen molar-refractivity contribution in [3.8, 4) is 0 Å². The lowest BCUT2D eigenvalue weighted by molar-refractivity contribution is -0.141. The molecule has 1 atom stereocenters. The maximum atomic E-state index is 12.8. The van der Waals surface area contributed by atoms with Crippen molar-refractivity contribution in [1.82, 2.24) is 14.9 Å². The molecule has 2 aliphatic heterocycles. The average Bonchev–Trinajstić information content (AvgIpc) is 2.62. The normalized spacial score (nSPS) is 22.5. The number of morpholine rings is 1. The van der Waals surface area contributed by atoms with Crippen LogP contribution in [0.4, 0.5) is 0 Å². The van der Waals surface area contributed by atoms with E-state index in [1.54, 1.807) is 12.4 Å². The van der Waals surface area contributed by atoms with Crippen molar-refractivity contribution >= 4 is 5.91 Å². The van der Waals surface area contributed by atoms with Crippen LogP contribution in [0.1, 0.15) is 37.1 Å². The van der Waals surface area contributed by atoms with E-state index in [0.717, 1.165) is 50.3 Å². The molecule has 2 fully saturated rings. The van der Waals surface area contributed by atoms with E-state index in [1.807, 2.05) is 11.8 Å². The molecule has 132 valence electrons. The first kappa shape index (κ1) is 17.3. The Balaban J connectivity index is 1.56. The summed E-state index contributed by atoms with van der Waals surface area (Å²) in [6, 6.07) is 0.146. The number of hydrogen-bond acceptors (Lipinski definition) is 5. The van der Waals surface area contributed by atoms with Crippen LogP contribution in [0.25, 0.3) is 0 Å². The molecule has 2 saturated heterocycles. The van der Waals surface area contributed by atoms with E-state index in [0.29, 0.717) is 32.1 Å². The molecular weight excluding hydrogens is 306 g/mol. The van der Waals surface area contributed by atoms with Crippen molar-refractivity contribution in [3.05, 3.63) is 23.8 Å². The zero-order valence-corrected chi connectivity index (χ0v) is 14.4. The number of carbonyl (C=O) groups excluding carboxylic acids is 1. The minimum absolute atomic E-state index is 0.146. The van der Waals surface area contributed by atoms with Crippen molar-refractivity contribution in [2.24, 2.45) is 5.92 Å². The molecule has 1 amide bonds. The first-order chi connectivity index (χ1) is 11.7. The highest BCUT2D eigenvalue weighted by molar-refractivity contribution is 5.77. The summed E-state index contributed by atoms with van der Waals surface area (Å²) in [5.74, 6) is 0.739. The standard InChI is InChI=1S/C18H27N3O3/c1-14-17(20-7-6-19-14)3-2-16-13-24-11-8-21(16)18(22)12-15-4-9-23-10-5-15/h6-7,15-16H,2-5,8-13H2,1H3/t16-/m1/s1. The second kappa shape index (κ2) is 8.53. The second-order valence-corrected chi connectivity index (χ2v) is 6.70. The zero-order chi connectivity index (χ0) is 16.8.